The van der Waals surface area contributed by atoms with Crippen LogP contribution in [-0.2, 0) is 12.7 Å². The average Bonchev–Trinajstić information content (AvgIpc) is 2.39. The maximum absolute atomic E-state index is 13.4. The second-order valence-electron chi connectivity index (χ2n) is 3.99. The Labute approximate surface area is 111 Å². The summed E-state index contributed by atoms with van der Waals surface area (Å²) in [5, 5.41) is 2.37. The van der Waals surface area contributed by atoms with Gasteiger partial charge >= 0.3 is 6.18 Å². The van der Waals surface area contributed by atoms with Gasteiger partial charge < -0.3 is 5.32 Å². The molecule has 1 N–H and O–H groups in total. The molecule has 0 atom stereocenters. The van der Waals surface area contributed by atoms with Crippen molar-refractivity contribution in [2.45, 2.75) is 12.7 Å². The Morgan fingerprint density at radius 1 is 1.10 bits per heavy atom. The number of anilines is 1. The monoisotopic (exact) mass is 288 g/mol. The van der Waals surface area contributed by atoms with E-state index in [0.29, 0.717) is 0 Å². The summed E-state index contributed by atoms with van der Waals surface area (Å²) in [7, 11) is 0. The van der Waals surface area contributed by atoms with Crippen LogP contribution in [0.3, 0.4) is 0 Å². The lowest BCUT2D eigenvalue weighted by atomic mass is 10.2. The maximum Gasteiger partial charge on any atom is 0.419 e. The zero-order valence-corrected chi connectivity index (χ0v) is 10.0. The van der Waals surface area contributed by atoms with Crippen molar-refractivity contribution in [2.24, 2.45) is 0 Å². The fourth-order valence-corrected chi connectivity index (χ4v) is 1.63. The lowest BCUT2D eigenvalue weighted by Gasteiger charge is -2.13. The van der Waals surface area contributed by atoms with Gasteiger partial charge in [-0.25, -0.2) is 13.8 Å². The number of alkyl halides is 3. The summed E-state index contributed by atoms with van der Waals surface area (Å²) in [6.07, 6.45) is -3.39. The molecule has 0 aliphatic heterocycles. The van der Waals surface area contributed by atoms with Crippen LogP contribution < -0.4 is 5.32 Å². The molecule has 0 unspecified atom stereocenters. The fraction of sp³-hybridized carbons (Fsp3) is 0.154. The predicted octanol–water partition coefficient (Wildman–Crippen LogP) is 3.99. The highest BCUT2D eigenvalue weighted by atomic mass is 19.4. The van der Waals surface area contributed by atoms with Crippen LogP contribution in [0.4, 0.5) is 27.8 Å². The largest absolute Gasteiger partial charge is 0.419 e. The van der Waals surface area contributed by atoms with Crippen LogP contribution in [0, 0.1) is 11.6 Å². The van der Waals surface area contributed by atoms with Gasteiger partial charge in [-0.15, -0.1) is 0 Å². The SMILES string of the molecule is Fc1ccc(F)c(CNc2ncccc2C(F)(F)F)c1. The molecule has 0 fully saturated rings. The Morgan fingerprint density at radius 2 is 1.85 bits per heavy atom. The standard InChI is InChI=1S/C13H9F5N2/c14-9-3-4-11(15)8(6-9)7-20-12-10(13(16,17)18)2-1-5-19-12/h1-6H,7H2,(H,19,20). The number of pyridine rings is 1. The van der Waals surface area contributed by atoms with Gasteiger partial charge in [-0.1, -0.05) is 0 Å². The first-order chi connectivity index (χ1) is 9.38. The van der Waals surface area contributed by atoms with E-state index >= 15 is 0 Å². The van der Waals surface area contributed by atoms with E-state index in [1.165, 1.54) is 6.20 Å². The number of aromatic nitrogens is 1. The van der Waals surface area contributed by atoms with E-state index in [1.54, 1.807) is 0 Å². The summed E-state index contributed by atoms with van der Waals surface area (Å²) in [6, 6.07) is 4.77. The van der Waals surface area contributed by atoms with E-state index in [2.05, 4.69) is 10.3 Å². The van der Waals surface area contributed by atoms with Crippen LogP contribution in [0.15, 0.2) is 36.5 Å². The van der Waals surface area contributed by atoms with Crippen molar-refractivity contribution in [2.75, 3.05) is 5.32 Å². The molecule has 1 aromatic carbocycles. The van der Waals surface area contributed by atoms with Gasteiger partial charge in [-0.2, -0.15) is 13.2 Å². The number of benzene rings is 1. The smallest absolute Gasteiger partial charge is 0.365 e. The van der Waals surface area contributed by atoms with Gasteiger partial charge in [-0.05, 0) is 30.3 Å². The van der Waals surface area contributed by atoms with Gasteiger partial charge in [0.25, 0.3) is 0 Å². The molecular weight excluding hydrogens is 279 g/mol. The molecule has 0 amide bonds. The minimum Gasteiger partial charge on any atom is -0.365 e. The van der Waals surface area contributed by atoms with Gasteiger partial charge in [0, 0.05) is 18.3 Å². The molecule has 1 heterocycles. The summed E-state index contributed by atoms with van der Waals surface area (Å²) in [5.41, 5.74) is -1.04. The number of nitrogens with zero attached hydrogens (tertiary/aromatic N) is 1. The molecule has 1 aromatic heterocycles. The summed E-state index contributed by atoms with van der Waals surface area (Å²) in [5.74, 6) is -1.80. The predicted molar refractivity (Wildman–Crippen MR) is 62.9 cm³/mol. The van der Waals surface area contributed by atoms with Crippen molar-refractivity contribution in [1.82, 2.24) is 4.98 Å². The van der Waals surface area contributed by atoms with E-state index in [0.717, 1.165) is 30.3 Å². The van der Waals surface area contributed by atoms with E-state index in [9.17, 15) is 22.0 Å². The number of halogens is 5. The third kappa shape index (κ3) is 3.23. The van der Waals surface area contributed by atoms with Crippen molar-refractivity contribution in [3.05, 3.63) is 59.3 Å². The Hall–Kier alpha value is -2.18. The minimum absolute atomic E-state index is 0.0798. The zero-order valence-electron chi connectivity index (χ0n) is 10.0. The Balaban J connectivity index is 2.21. The number of nitrogens with one attached hydrogen (secondary N) is 1. The molecule has 20 heavy (non-hydrogen) atoms. The van der Waals surface area contributed by atoms with Crippen LogP contribution in [0.25, 0.3) is 0 Å². The van der Waals surface area contributed by atoms with Crippen LogP contribution in [0.5, 0.6) is 0 Å². The van der Waals surface area contributed by atoms with Crippen molar-refractivity contribution in [3.8, 4) is 0 Å². The van der Waals surface area contributed by atoms with Crippen molar-refractivity contribution in [3.63, 3.8) is 0 Å². The third-order valence-electron chi connectivity index (χ3n) is 2.57. The molecule has 2 aromatic rings. The Morgan fingerprint density at radius 3 is 2.55 bits per heavy atom. The van der Waals surface area contributed by atoms with Crippen molar-refractivity contribution < 1.29 is 22.0 Å². The first kappa shape index (κ1) is 14.2. The number of rotatable bonds is 3. The molecule has 0 spiro atoms. The molecule has 0 saturated carbocycles. The molecular formula is C13H9F5N2. The van der Waals surface area contributed by atoms with Gasteiger partial charge in [0.05, 0.1) is 5.56 Å². The molecule has 0 aliphatic carbocycles. The van der Waals surface area contributed by atoms with E-state index in [1.807, 2.05) is 0 Å². The first-order valence-corrected chi connectivity index (χ1v) is 5.58. The minimum atomic E-state index is -4.57. The quantitative estimate of drug-likeness (QED) is 0.864. The van der Waals surface area contributed by atoms with Crippen LogP contribution in [0.2, 0.25) is 0 Å². The highest BCUT2D eigenvalue weighted by Crippen LogP contribution is 2.33. The first-order valence-electron chi connectivity index (χ1n) is 5.58. The van der Waals surface area contributed by atoms with Crippen LogP contribution >= 0.6 is 0 Å². The summed E-state index contributed by atoms with van der Waals surface area (Å²) < 4.78 is 64.4. The second-order valence-corrected chi connectivity index (χ2v) is 3.99. The Kier molecular flexibility index (Phi) is 3.87. The average molecular weight is 288 g/mol. The van der Waals surface area contributed by atoms with Gasteiger partial charge in [0.2, 0.25) is 0 Å². The van der Waals surface area contributed by atoms with Crippen molar-refractivity contribution in [1.29, 1.82) is 0 Å². The van der Waals surface area contributed by atoms with E-state index in [4.69, 9.17) is 0 Å². The molecule has 2 rings (SSSR count). The molecule has 2 nitrogen and oxygen atoms in total. The van der Waals surface area contributed by atoms with Crippen LogP contribution in [-0.4, -0.2) is 4.98 Å². The lowest BCUT2D eigenvalue weighted by molar-refractivity contribution is -0.137. The molecule has 0 bridgehead atoms. The molecule has 106 valence electrons. The Bertz CT molecular complexity index is 610. The number of hydrogen-bond acceptors (Lipinski definition) is 2. The molecule has 0 saturated heterocycles. The summed E-state index contributed by atoms with van der Waals surface area (Å²) in [4.78, 5) is 3.56. The van der Waals surface area contributed by atoms with Gasteiger partial charge in [-0.3, -0.25) is 0 Å². The highest BCUT2D eigenvalue weighted by Gasteiger charge is 2.34. The van der Waals surface area contributed by atoms with Crippen LogP contribution in [0.1, 0.15) is 11.1 Å². The van der Waals surface area contributed by atoms with Gasteiger partial charge in [0.15, 0.2) is 0 Å². The second kappa shape index (κ2) is 5.44. The van der Waals surface area contributed by atoms with E-state index in [-0.39, 0.29) is 12.1 Å². The lowest BCUT2D eigenvalue weighted by Crippen LogP contribution is -2.12. The highest BCUT2D eigenvalue weighted by molar-refractivity contribution is 5.46. The topological polar surface area (TPSA) is 24.9 Å². The maximum atomic E-state index is 13.4. The normalized spacial score (nSPS) is 11.4. The molecule has 0 radical (unpaired) electrons. The molecule has 0 aliphatic rings. The number of hydrogen-bond donors (Lipinski definition) is 1. The summed E-state index contributed by atoms with van der Waals surface area (Å²) in [6.45, 7) is -0.302. The summed E-state index contributed by atoms with van der Waals surface area (Å²) >= 11 is 0. The zero-order chi connectivity index (χ0) is 14.8. The third-order valence-corrected chi connectivity index (χ3v) is 2.57. The fourth-order valence-electron chi connectivity index (χ4n) is 1.63. The van der Waals surface area contributed by atoms with Crippen molar-refractivity contribution >= 4 is 5.82 Å². The van der Waals surface area contributed by atoms with E-state index < -0.39 is 29.2 Å². The van der Waals surface area contributed by atoms with Gasteiger partial charge in [0.1, 0.15) is 17.5 Å². The molecule has 7 heteroatoms.